The van der Waals surface area contributed by atoms with Crippen LogP contribution in [0.2, 0.25) is 0 Å². The molecular formula is C10H15N3O3. The zero-order valence-corrected chi connectivity index (χ0v) is 9.30. The van der Waals surface area contributed by atoms with Gasteiger partial charge in [0.1, 0.15) is 6.54 Å². The van der Waals surface area contributed by atoms with E-state index in [1.165, 1.54) is 17.0 Å². The van der Waals surface area contributed by atoms with Crippen LogP contribution in [-0.4, -0.2) is 32.7 Å². The molecular weight excluding hydrogens is 210 g/mol. The largest absolute Gasteiger partial charge is 0.394 e. The third-order valence-corrected chi connectivity index (χ3v) is 1.97. The average Bonchev–Trinajstić information content (AvgIpc) is 2.21. The summed E-state index contributed by atoms with van der Waals surface area (Å²) in [4.78, 5) is 26.3. The van der Waals surface area contributed by atoms with Gasteiger partial charge in [-0.3, -0.25) is 9.36 Å². The van der Waals surface area contributed by atoms with E-state index in [9.17, 15) is 9.59 Å². The molecule has 0 saturated carbocycles. The van der Waals surface area contributed by atoms with Gasteiger partial charge in [0.05, 0.1) is 12.1 Å². The van der Waals surface area contributed by atoms with Gasteiger partial charge in [-0.1, -0.05) is 0 Å². The van der Waals surface area contributed by atoms with Gasteiger partial charge >= 0.3 is 5.69 Å². The number of amides is 1. The fourth-order valence-corrected chi connectivity index (χ4v) is 1.12. The molecule has 0 aliphatic carbocycles. The van der Waals surface area contributed by atoms with Gasteiger partial charge in [-0.05, 0) is 19.9 Å². The predicted molar refractivity (Wildman–Crippen MR) is 57.8 cm³/mol. The maximum Gasteiger partial charge on any atom is 0.347 e. The number of hydrogen-bond donors (Lipinski definition) is 2. The summed E-state index contributed by atoms with van der Waals surface area (Å²) < 4.78 is 1.20. The highest BCUT2D eigenvalue weighted by molar-refractivity contribution is 5.76. The highest BCUT2D eigenvalue weighted by Crippen LogP contribution is 1.99. The molecule has 2 N–H and O–H groups in total. The molecule has 0 aliphatic heterocycles. The quantitative estimate of drug-likeness (QED) is 0.697. The summed E-state index contributed by atoms with van der Waals surface area (Å²) in [5.41, 5.74) is -1.16. The summed E-state index contributed by atoms with van der Waals surface area (Å²) in [6.07, 6.45) is 2.86. The van der Waals surface area contributed by atoms with E-state index in [0.717, 1.165) is 0 Å². The molecule has 0 fully saturated rings. The smallest absolute Gasteiger partial charge is 0.347 e. The maximum atomic E-state index is 11.5. The zero-order valence-electron chi connectivity index (χ0n) is 9.30. The van der Waals surface area contributed by atoms with Gasteiger partial charge < -0.3 is 10.4 Å². The van der Waals surface area contributed by atoms with Gasteiger partial charge in [0.15, 0.2) is 0 Å². The van der Waals surface area contributed by atoms with Crippen molar-refractivity contribution in [3.63, 3.8) is 0 Å². The zero-order chi connectivity index (χ0) is 12.2. The molecule has 0 spiro atoms. The number of carbonyl (C=O) groups excluding carboxylic acids is 1. The van der Waals surface area contributed by atoms with Crippen LogP contribution in [0.25, 0.3) is 0 Å². The molecule has 1 rings (SSSR count). The number of aliphatic hydroxyl groups is 1. The van der Waals surface area contributed by atoms with Crippen molar-refractivity contribution in [2.75, 3.05) is 6.61 Å². The SMILES string of the molecule is CC(C)(CO)NC(=O)Cn1cccnc1=O. The lowest BCUT2D eigenvalue weighted by Crippen LogP contribution is -2.48. The van der Waals surface area contributed by atoms with E-state index in [-0.39, 0.29) is 19.1 Å². The minimum Gasteiger partial charge on any atom is -0.394 e. The highest BCUT2D eigenvalue weighted by Gasteiger charge is 2.19. The standard InChI is InChI=1S/C10H15N3O3/c1-10(2,7-14)12-8(15)6-13-5-3-4-11-9(13)16/h3-5,14H,6-7H2,1-2H3,(H,12,15). The summed E-state index contributed by atoms with van der Waals surface area (Å²) in [6, 6.07) is 1.58. The molecule has 6 heteroatoms. The Hall–Kier alpha value is -1.69. The number of aromatic nitrogens is 2. The predicted octanol–water partition coefficient (Wildman–Crippen LogP) is -0.870. The van der Waals surface area contributed by atoms with Crippen LogP contribution in [0.15, 0.2) is 23.3 Å². The molecule has 0 aromatic carbocycles. The molecule has 0 atom stereocenters. The van der Waals surface area contributed by atoms with Gasteiger partial charge in [0, 0.05) is 12.4 Å². The third-order valence-electron chi connectivity index (χ3n) is 1.97. The first-order chi connectivity index (χ1) is 7.44. The van der Waals surface area contributed by atoms with Crippen LogP contribution in [0, 0.1) is 0 Å². The lowest BCUT2D eigenvalue weighted by molar-refractivity contribution is -0.123. The minimum absolute atomic E-state index is 0.101. The molecule has 1 aromatic rings. The molecule has 88 valence electrons. The fourth-order valence-electron chi connectivity index (χ4n) is 1.12. The topological polar surface area (TPSA) is 84.2 Å². The number of hydrogen-bond acceptors (Lipinski definition) is 4. The number of rotatable bonds is 4. The summed E-state index contributed by atoms with van der Waals surface area (Å²) in [7, 11) is 0. The second kappa shape index (κ2) is 4.89. The van der Waals surface area contributed by atoms with E-state index < -0.39 is 11.2 Å². The molecule has 0 saturated heterocycles. The van der Waals surface area contributed by atoms with Crippen LogP contribution >= 0.6 is 0 Å². The van der Waals surface area contributed by atoms with Gasteiger partial charge in [0.2, 0.25) is 5.91 Å². The maximum absolute atomic E-state index is 11.5. The Balaban J connectivity index is 2.66. The van der Waals surface area contributed by atoms with Crippen molar-refractivity contribution in [1.29, 1.82) is 0 Å². The van der Waals surface area contributed by atoms with Crippen LogP contribution < -0.4 is 11.0 Å². The second-order valence-electron chi connectivity index (χ2n) is 4.12. The monoisotopic (exact) mass is 225 g/mol. The normalized spacial score (nSPS) is 11.2. The molecule has 1 heterocycles. The van der Waals surface area contributed by atoms with Crippen LogP contribution in [-0.2, 0) is 11.3 Å². The lowest BCUT2D eigenvalue weighted by Gasteiger charge is -2.23. The minimum atomic E-state index is -0.692. The summed E-state index contributed by atoms with van der Waals surface area (Å²) in [5, 5.41) is 11.6. The molecule has 1 aromatic heterocycles. The van der Waals surface area contributed by atoms with Crippen LogP contribution in [0.1, 0.15) is 13.8 Å². The Morgan fingerprint density at radius 3 is 2.88 bits per heavy atom. The van der Waals surface area contributed by atoms with Crippen molar-refractivity contribution >= 4 is 5.91 Å². The van der Waals surface area contributed by atoms with Crippen LogP contribution in [0.5, 0.6) is 0 Å². The Bertz CT molecular complexity index is 425. The van der Waals surface area contributed by atoms with E-state index in [1.807, 2.05) is 0 Å². The molecule has 6 nitrogen and oxygen atoms in total. The van der Waals surface area contributed by atoms with Crippen molar-refractivity contribution in [3.8, 4) is 0 Å². The number of carbonyl (C=O) groups is 1. The molecule has 0 unspecified atom stereocenters. The van der Waals surface area contributed by atoms with Crippen molar-refractivity contribution in [2.24, 2.45) is 0 Å². The van der Waals surface area contributed by atoms with Gasteiger partial charge in [0.25, 0.3) is 0 Å². The number of aliphatic hydroxyl groups excluding tert-OH is 1. The van der Waals surface area contributed by atoms with E-state index in [1.54, 1.807) is 19.9 Å². The first-order valence-electron chi connectivity index (χ1n) is 4.88. The van der Waals surface area contributed by atoms with Gasteiger partial charge in [-0.15, -0.1) is 0 Å². The van der Waals surface area contributed by atoms with E-state index in [2.05, 4.69) is 10.3 Å². The van der Waals surface area contributed by atoms with Crippen molar-refractivity contribution in [2.45, 2.75) is 25.9 Å². The third kappa shape index (κ3) is 3.47. The van der Waals surface area contributed by atoms with Crippen LogP contribution in [0.3, 0.4) is 0 Å². The van der Waals surface area contributed by atoms with Crippen molar-refractivity contribution in [3.05, 3.63) is 28.9 Å². The summed E-state index contributed by atoms with van der Waals surface area (Å²) >= 11 is 0. The van der Waals surface area contributed by atoms with Crippen LogP contribution in [0.4, 0.5) is 0 Å². The van der Waals surface area contributed by atoms with Crippen molar-refractivity contribution < 1.29 is 9.90 Å². The molecule has 1 amide bonds. The number of nitrogens with one attached hydrogen (secondary N) is 1. The Morgan fingerprint density at radius 1 is 1.62 bits per heavy atom. The Morgan fingerprint density at radius 2 is 2.31 bits per heavy atom. The lowest BCUT2D eigenvalue weighted by atomic mass is 10.1. The van der Waals surface area contributed by atoms with E-state index >= 15 is 0 Å². The first-order valence-corrected chi connectivity index (χ1v) is 4.88. The number of nitrogens with zero attached hydrogens (tertiary/aromatic N) is 2. The van der Waals surface area contributed by atoms with E-state index in [4.69, 9.17) is 5.11 Å². The van der Waals surface area contributed by atoms with E-state index in [0.29, 0.717) is 0 Å². The molecule has 0 aliphatic rings. The average molecular weight is 225 g/mol. The molecule has 16 heavy (non-hydrogen) atoms. The highest BCUT2D eigenvalue weighted by atomic mass is 16.3. The fraction of sp³-hybridized carbons (Fsp3) is 0.500. The van der Waals surface area contributed by atoms with Crippen molar-refractivity contribution in [1.82, 2.24) is 14.9 Å². The van der Waals surface area contributed by atoms with Gasteiger partial charge in [-0.25, -0.2) is 9.78 Å². The second-order valence-corrected chi connectivity index (χ2v) is 4.12. The molecule has 0 bridgehead atoms. The molecule has 0 radical (unpaired) electrons. The van der Waals surface area contributed by atoms with Gasteiger partial charge in [-0.2, -0.15) is 0 Å². The first kappa shape index (κ1) is 12.4. The summed E-state index contributed by atoms with van der Waals surface area (Å²) in [6.45, 7) is 3.12. The Kier molecular flexibility index (Phi) is 3.78. The Labute approximate surface area is 92.9 Å². The summed E-state index contributed by atoms with van der Waals surface area (Å²) in [5.74, 6) is -0.339.